The Hall–Kier alpha value is -2.13. The first kappa shape index (κ1) is 16.7. The van der Waals surface area contributed by atoms with Crippen molar-refractivity contribution in [2.45, 2.75) is 32.2 Å². The average Bonchev–Trinajstić information content (AvgIpc) is 3.12. The van der Waals surface area contributed by atoms with E-state index in [0.717, 1.165) is 25.1 Å². The molecule has 24 heavy (non-hydrogen) atoms. The van der Waals surface area contributed by atoms with E-state index in [1.807, 2.05) is 25.1 Å². The fourth-order valence-corrected chi connectivity index (χ4v) is 3.45. The van der Waals surface area contributed by atoms with E-state index in [9.17, 15) is 4.79 Å². The second kappa shape index (κ2) is 7.63. The van der Waals surface area contributed by atoms with Gasteiger partial charge in [0.2, 0.25) is 5.91 Å². The van der Waals surface area contributed by atoms with Crippen LogP contribution in [0.2, 0.25) is 0 Å². The zero-order valence-corrected chi connectivity index (χ0v) is 14.5. The van der Waals surface area contributed by atoms with Gasteiger partial charge in [0.05, 0.1) is 12.0 Å². The summed E-state index contributed by atoms with van der Waals surface area (Å²) >= 11 is 0. The lowest BCUT2D eigenvalue weighted by Crippen LogP contribution is -2.36. The van der Waals surface area contributed by atoms with Crippen LogP contribution >= 0.6 is 0 Å². The van der Waals surface area contributed by atoms with Crippen LogP contribution in [-0.4, -0.2) is 19.0 Å². The van der Waals surface area contributed by atoms with Crippen LogP contribution in [0.15, 0.2) is 54.6 Å². The minimum atomic E-state index is -0.0105. The van der Waals surface area contributed by atoms with Crippen molar-refractivity contribution >= 4 is 5.91 Å². The number of hydrogen-bond acceptors (Lipinski definition) is 2. The van der Waals surface area contributed by atoms with Crippen LogP contribution in [0.1, 0.15) is 42.5 Å². The summed E-state index contributed by atoms with van der Waals surface area (Å²) in [7, 11) is 0. The van der Waals surface area contributed by atoms with Crippen LogP contribution in [-0.2, 0) is 11.2 Å². The van der Waals surface area contributed by atoms with Crippen LogP contribution in [0.5, 0.6) is 0 Å². The summed E-state index contributed by atoms with van der Waals surface area (Å²) in [6.07, 6.45) is 1.04. The molecule has 2 aromatic rings. The first-order chi connectivity index (χ1) is 11.7. The number of nitrogens with one attached hydrogen (secondary N) is 2. The van der Waals surface area contributed by atoms with Gasteiger partial charge in [-0.2, -0.15) is 0 Å². The fourth-order valence-electron chi connectivity index (χ4n) is 3.45. The smallest absolute Gasteiger partial charge is 0.225 e. The van der Waals surface area contributed by atoms with E-state index in [0.29, 0.717) is 0 Å². The van der Waals surface area contributed by atoms with Gasteiger partial charge >= 0.3 is 0 Å². The Kier molecular flexibility index (Phi) is 5.31. The van der Waals surface area contributed by atoms with Crippen molar-refractivity contribution in [3.8, 4) is 0 Å². The summed E-state index contributed by atoms with van der Waals surface area (Å²) in [5, 5.41) is 6.56. The molecule has 1 aliphatic heterocycles. The first-order valence-electron chi connectivity index (χ1n) is 8.84. The first-order valence-corrected chi connectivity index (χ1v) is 8.84. The van der Waals surface area contributed by atoms with Gasteiger partial charge in [-0.15, -0.1) is 0 Å². The van der Waals surface area contributed by atoms with E-state index < -0.39 is 0 Å². The third kappa shape index (κ3) is 3.68. The Balaban J connectivity index is 1.69. The molecule has 2 N–H and O–H groups in total. The molecule has 126 valence electrons. The van der Waals surface area contributed by atoms with Gasteiger partial charge in [0, 0.05) is 19.0 Å². The molecule has 0 aromatic heterocycles. The van der Waals surface area contributed by atoms with E-state index in [1.165, 1.54) is 11.1 Å². The quantitative estimate of drug-likeness (QED) is 0.885. The minimum absolute atomic E-state index is 0.0105. The lowest BCUT2D eigenvalue weighted by atomic mass is 9.87. The lowest BCUT2D eigenvalue weighted by Gasteiger charge is -2.22. The van der Waals surface area contributed by atoms with Crippen LogP contribution in [0.25, 0.3) is 0 Å². The van der Waals surface area contributed by atoms with Gasteiger partial charge in [-0.05, 0) is 30.0 Å². The van der Waals surface area contributed by atoms with Crippen LogP contribution < -0.4 is 10.6 Å². The van der Waals surface area contributed by atoms with E-state index in [4.69, 9.17) is 0 Å². The standard InChI is InChI=1S/C21H26N2O/c1-3-16-9-11-18(12-10-16)19-13-22-14-20(19)21(24)23-15(2)17-7-5-4-6-8-17/h4-12,15,19-20,22H,3,13-14H2,1-2H3,(H,23,24). The van der Waals surface area contributed by atoms with Gasteiger partial charge in [-0.25, -0.2) is 0 Å². The van der Waals surface area contributed by atoms with Crippen molar-refractivity contribution in [3.05, 3.63) is 71.3 Å². The molecule has 1 aliphatic rings. The zero-order valence-electron chi connectivity index (χ0n) is 14.5. The number of benzene rings is 2. The molecule has 1 amide bonds. The zero-order chi connectivity index (χ0) is 16.9. The maximum Gasteiger partial charge on any atom is 0.225 e. The van der Waals surface area contributed by atoms with Gasteiger partial charge in [0.25, 0.3) is 0 Å². The second-order valence-electron chi connectivity index (χ2n) is 6.61. The van der Waals surface area contributed by atoms with Crippen molar-refractivity contribution < 1.29 is 4.79 Å². The summed E-state index contributed by atoms with van der Waals surface area (Å²) in [4.78, 5) is 12.8. The summed E-state index contributed by atoms with van der Waals surface area (Å²) in [5.74, 6) is 0.378. The highest BCUT2D eigenvalue weighted by atomic mass is 16.2. The third-order valence-corrected chi connectivity index (χ3v) is 5.03. The summed E-state index contributed by atoms with van der Waals surface area (Å²) in [5.41, 5.74) is 3.73. The Morgan fingerprint density at radius 3 is 2.50 bits per heavy atom. The maximum atomic E-state index is 12.8. The molecule has 3 unspecified atom stereocenters. The SMILES string of the molecule is CCc1ccc(C2CNCC2C(=O)NC(C)c2ccccc2)cc1. The van der Waals surface area contributed by atoms with E-state index >= 15 is 0 Å². The molecule has 1 saturated heterocycles. The van der Waals surface area contributed by atoms with E-state index in [1.54, 1.807) is 0 Å². The Morgan fingerprint density at radius 2 is 1.83 bits per heavy atom. The fraction of sp³-hybridized carbons (Fsp3) is 0.381. The maximum absolute atomic E-state index is 12.8. The predicted octanol–water partition coefficient (Wildman–Crippen LogP) is 3.43. The van der Waals surface area contributed by atoms with Gasteiger partial charge in [0.15, 0.2) is 0 Å². The molecular weight excluding hydrogens is 296 g/mol. The highest BCUT2D eigenvalue weighted by molar-refractivity contribution is 5.81. The monoisotopic (exact) mass is 322 g/mol. The largest absolute Gasteiger partial charge is 0.349 e. The topological polar surface area (TPSA) is 41.1 Å². The van der Waals surface area contributed by atoms with Crippen molar-refractivity contribution in [3.63, 3.8) is 0 Å². The molecule has 0 saturated carbocycles. The molecule has 2 aromatic carbocycles. The molecule has 1 fully saturated rings. The predicted molar refractivity (Wildman–Crippen MR) is 97.9 cm³/mol. The lowest BCUT2D eigenvalue weighted by molar-refractivity contribution is -0.125. The molecule has 1 heterocycles. The molecule has 3 atom stereocenters. The highest BCUT2D eigenvalue weighted by Crippen LogP contribution is 2.29. The molecule has 3 heteroatoms. The minimum Gasteiger partial charge on any atom is -0.349 e. The number of rotatable bonds is 5. The van der Waals surface area contributed by atoms with Crippen molar-refractivity contribution in [2.75, 3.05) is 13.1 Å². The van der Waals surface area contributed by atoms with Crippen LogP contribution in [0, 0.1) is 5.92 Å². The highest BCUT2D eigenvalue weighted by Gasteiger charge is 2.34. The molecule has 0 bridgehead atoms. The van der Waals surface area contributed by atoms with Gasteiger partial charge in [-0.1, -0.05) is 61.5 Å². The molecule has 3 rings (SSSR count). The summed E-state index contributed by atoms with van der Waals surface area (Å²) in [6.45, 7) is 5.81. The number of amides is 1. The number of carbonyl (C=O) groups is 1. The number of hydrogen-bond donors (Lipinski definition) is 2. The normalized spacial score (nSPS) is 21.4. The second-order valence-corrected chi connectivity index (χ2v) is 6.61. The number of aryl methyl sites for hydroxylation is 1. The molecule has 0 radical (unpaired) electrons. The summed E-state index contributed by atoms with van der Waals surface area (Å²) < 4.78 is 0. The molecule has 0 aliphatic carbocycles. The van der Waals surface area contributed by atoms with Gasteiger partial charge in [0.1, 0.15) is 0 Å². The van der Waals surface area contributed by atoms with Crippen molar-refractivity contribution in [1.82, 2.24) is 10.6 Å². The molecule has 3 nitrogen and oxygen atoms in total. The third-order valence-electron chi connectivity index (χ3n) is 5.03. The van der Waals surface area contributed by atoms with Crippen LogP contribution in [0.3, 0.4) is 0 Å². The van der Waals surface area contributed by atoms with Crippen molar-refractivity contribution in [1.29, 1.82) is 0 Å². The Bertz CT molecular complexity index is 666. The number of carbonyl (C=O) groups excluding carboxylic acids is 1. The van der Waals surface area contributed by atoms with Gasteiger partial charge < -0.3 is 10.6 Å². The Labute approximate surface area is 144 Å². The Morgan fingerprint density at radius 1 is 1.12 bits per heavy atom. The van der Waals surface area contributed by atoms with Crippen LogP contribution in [0.4, 0.5) is 0 Å². The molecule has 0 spiro atoms. The van der Waals surface area contributed by atoms with Crippen molar-refractivity contribution in [2.24, 2.45) is 5.92 Å². The summed E-state index contributed by atoms with van der Waals surface area (Å²) in [6, 6.07) is 18.9. The van der Waals surface area contributed by atoms with E-state index in [-0.39, 0.29) is 23.8 Å². The van der Waals surface area contributed by atoms with Gasteiger partial charge in [-0.3, -0.25) is 4.79 Å². The van der Waals surface area contributed by atoms with E-state index in [2.05, 4.69) is 54.0 Å². The molecular formula is C21H26N2O. The average molecular weight is 322 g/mol.